The normalized spacial score (nSPS) is 16.1. The lowest BCUT2D eigenvalue weighted by Gasteiger charge is -2.38. The van der Waals surface area contributed by atoms with Gasteiger partial charge in [0.25, 0.3) is 5.56 Å². The zero-order chi connectivity index (χ0) is 29.1. The molecule has 0 bridgehead atoms. The van der Waals surface area contributed by atoms with Crippen LogP contribution in [0.15, 0.2) is 65.6 Å². The Balaban J connectivity index is 1.16. The first kappa shape index (κ1) is 27.7. The number of carbonyl (C=O) groups is 1. The highest BCUT2D eigenvalue weighted by Crippen LogP contribution is 2.28. The van der Waals surface area contributed by atoms with E-state index in [0.29, 0.717) is 38.8 Å². The highest BCUT2D eigenvalue weighted by molar-refractivity contribution is 5.79. The molecule has 2 aromatic heterocycles. The van der Waals surface area contributed by atoms with Gasteiger partial charge in [0.15, 0.2) is 6.73 Å². The van der Waals surface area contributed by atoms with Crippen molar-refractivity contribution in [2.45, 2.75) is 32.2 Å². The van der Waals surface area contributed by atoms with Crippen molar-refractivity contribution in [2.75, 3.05) is 56.2 Å². The lowest BCUT2D eigenvalue weighted by molar-refractivity contribution is 0.0174. The predicted octanol–water partition coefficient (Wildman–Crippen LogP) is 3.31. The lowest BCUT2D eigenvalue weighted by atomic mass is 10.0. The molecule has 0 radical (unpaired) electrons. The van der Waals surface area contributed by atoms with Crippen LogP contribution in [0, 0.1) is 5.82 Å². The summed E-state index contributed by atoms with van der Waals surface area (Å²) in [6.07, 6.45) is 2.64. The van der Waals surface area contributed by atoms with Gasteiger partial charge in [0.05, 0.1) is 30.8 Å². The highest BCUT2D eigenvalue weighted by Gasteiger charge is 2.28. The number of hydrogen-bond acceptors (Lipinski definition) is 8. The molecule has 6 rings (SSSR count). The number of amides is 1. The molecule has 0 spiro atoms. The molecule has 4 aromatic rings. The Bertz CT molecular complexity index is 1590. The molecule has 0 atom stereocenters. The van der Waals surface area contributed by atoms with Gasteiger partial charge in [-0.15, -0.1) is 0 Å². The number of piperidine rings is 1. The van der Waals surface area contributed by atoms with Crippen molar-refractivity contribution in [1.29, 1.82) is 0 Å². The zero-order valence-electron chi connectivity index (χ0n) is 23.6. The molecule has 220 valence electrons. The Morgan fingerprint density at radius 3 is 2.52 bits per heavy atom. The van der Waals surface area contributed by atoms with Crippen LogP contribution >= 0.6 is 0 Å². The topological polar surface area (TPSA) is 98.0 Å². The van der Waals surface area contributed by atoms with E-state index in [1.54, 1.807) is 17.0 Å². The second-order valence-corrected chi connectivity index (χ2v) is 10.6. The molecule has 2 saturated heterocycles. The third kappa shape index (κ3) is 5.80. The number of nitrogens with zero attached hydrogens (tertiary/aromatic N) is 7. The fourth-order valence-electron chi connectivity index (χ4n) is 5.63. The first-order chi connectivity index (χ1) is 20.5. The van der Waals surface area contributed by atoms with E-state index >= 15 is 0 Å². The number of hydrogen-bond donors (Lipinski definition) is 0. The summed E-state index contributed by atoms with van der Waals surface area (Å²) in [6, 6.07) is 16.1. The summed E-state index contributed by atoms with van der Waals surface area (Å²) in [6.45, 7) is 3.74. The van der Waals surface area contributed by atoms with Crippen molar-refractivity contribution < 1.29 is 18.7 Å². The van der Waals surface area contributed by atoms with Gasteiger partial charge in [-0.2, -0.15) is 0 Å². The maximum Gasteiger partial charge on any atom is 0.411 e. The van der Waals surface area contributed by atoms with Crippen LogP contribution in [-0.2, 0) is 22.7 Å². The minimum absolute atomic E-state index is 0.117. The van der Waals surface area contributed by atoms with E-state index in [1.807, 2.05) is 30.1 Å². The molecule has 12 heteroatoms. The van der Waals surface area contributed by atoms with E-state index < -0.39 is 6.09 Å². The van der Waals surface area contributed by atoms with E-state index in [-0.39, 0.29) is 24.1 Å². The Morgan fingerprint density at radius 2 is 1.76 bits per heavy atom. The quantitative estimate of drug-likeness (QED) is 0.331. The first-order valence-corrected chi connectivity index (χ1v) is 14.2. The van der Waals surface area contributed by atoms with Gasteiger partial charge in [0.2, 0.25) is 11.9 Å². The van der Waals surface area contributed by atoms with Gasteiger partial charge in [-0.05, 0) is 42.7 Å². The van der Waals surface area contributed by atoms with Gasteiger partial charge in [0, 0.05) is 51.5 Å². The van der Waals surface area contributed by atoms with Gasteiger partial charge in [0.1, 0.15) is 5.82 Å². The average molecular weight is 576 g/mol. The number of anilines is 2. The number of morpholine rings is 1. The van der Waals surface area contributed by atoms with Gasteiger partial charge < -0.3 is 28.7 Å². The standard InChI is InChI=1S/C30H34FN7O4/c1-34(28-32-13-10-27(39)38(28)21-42-30(40)36-16-18-41-19-17-36)24-11-14-35(15-12-24)29-33-25-4-2-3-5-26(25)37(29)20-22-6-8-23(31)9-7-22/h2-10,13,24H,11-12,14-21H2,1H3. The molecule has 0 aliphatic carbocycles. The fraction of sp³-hybridized carbons (Fsp3) is 0.400. The summed E-state index contributed by atoms with van der Waals surface area (Å²) in [5.41, 5.74) is 2.66. The van der Waals surface area contributed by atoms with Gasteiger partial charge in [-0.3, -0.25) is 4.79 Å². The maximum absolute atomic E-state index is 13.5. The van der Waals surface area contributed by atoms with Crippen LogP contribution in [0.1, 0.15) is 18.4 Å². The first-order valence-electron chi connectivity index (χ1n) is 14.2. The van der Waals surface area contributed by atoms with E-state index in [0.717, 1.165) is 48.5 Å². The number of halogens is 1. The molecule has 11 nitrogen and oxygen atoms in total. The number of carbonyl (C=O) groups excluding carboxylic acids is 1. The third-order valence-electron chi connectivity index (χ3n) is 8.00. The summed E-state index contributed by atoms with van der Waals surface area (Å²) in [5, 5.41) is 0. The molecule has 42 heavy (non-hydrogen) atoms. The molecule has 1 amide bonds. The number of rotatable bonds is 7. The van der Waals surface area contributed by atoms with Gasteiger partial charge in [-0.25, -0.2) is 23.7 Å². The minimum Gasteiger partial charge on any atom is -0.427 e. The zero-order valence-corrected chi connectivity index (χ0v) is 23.6. The van der Waals surface area contributed by atoms with Crippen molar-refractivity contribution in [3.63, 3.8) is 0 Å². The second kappa shape index (κ2) is 12.2. The van der Waals surface area contributed by atoms with Crippen LogP contribution in [0.4, 0.5) is 21.1 Å². The van der Waals surface area contributed by atoms with Crippen molar-refractivity contribution in [3.05, 3.63) is 82.5 Å². The highest BCUT2D eigenvalue weighted by atomic mass is 19.1. The molecule has 2 aliphatic heterocycles. The Hall–Kier alpha value is -4.45. The second-order valence-electron chi connectivity index (χ2n) is 10.6. The van der Waals surface area contributed by atoms with Gasteiger partial charge >= 0.3 is 6.09 Å². The summed E-state index contributed by atoms with van der Waals surface area (Å²) < 4.78 is 27.9. The summed E-state index contributed by atoms with van der Waals surface area (Å²) in [7, 11) is 1.92. The van der Waals surface area contributed by atoms with E-state index in [9.17, 15) is 14.0 Å². The van der Waals surface area contributed by atoms with Crippen LogP contribution in [0.25, 0.3) is 11.0 Å². The summed E-state index contributed by atoms with van der Waals surface area (Å²) in [5.74, 6) is 1.08. The molecule has 4 heterocycles. The smallest absolute Gasteiger partial charge is 0.411 e. The minimum atomic E-state index is -0.473. The Kier molecular flexibility index (Phi) is 8.04. The molecule has 2 aromatic carbocycles. The van der Waals surface area contributed by atoms with Crippen LogP contribution in [0.2, 0.25) is 0 Å². The molecule has 0 saturated carbocycles. The predicted molar refractivity (Wildman–Crippen MR) is 156 cm³/mol. The molecular weight excluding hydrogens is 541 g/mol. The summed E-state index contributed by atoms with van der Waals surface area (Å²) >= 11 is 0. The van der Waals surface area contributed by atoms with E-state index in [4.69, 9.17) is 14.5 Å². The number of fused-ring (bicyclic) bond motifs is 1. The molecule has 2 aliphatic rings. The third-order valence-corrected chi connectivity index (χ3v) is 8.00. The fourth-order valence-corrected chi connectivity index (χ4v) is 5.63. The van der Waals surface area contributed by atoms with Crippen molar-refractivity contribution in [3.8, 4) is 0 Å². The molecular formula is C30H34FN7O4. The molecule has 0 unspecified atom stereocenters. The maximum atomic E-state index is 13.5. The average Bonchev–Trinajstić information content (AvgIpc) is 3.39. The molecule has 2 fully saturated rings. The Labute approximate surface area is 242 Å². The largest absolute Gasteiger partial charge is 0.427 e. The van der Waals surface area contributed by atoms with Crippen LogP contribution in [0.3, 0.4) is 0 Å². The number of para-hydroxylation sites is 2. The van der Waals surface area contributed by atoms with Crippen molar-refractivity contribution >= 4 is 29.0 Å². The van der Waals surface area contributed by atoms with Crippen molar-refractivity contribution in [2.24, 2.45) is 0 Å². The van der Waals surface area contributed by atoms with E-state index in [2.05, 4.69) is 20.5 Å². The summed E-state index contributed by atoms with van der Waals surface area (Å²) in [4.78, 5) is 40.6. The van der Waals surface area contributed by atoms with Crippen LogP contribution < -0.4 is 15.4 Å². The SMILES string of the molecule is CN(c1nccc(=O)n1COC(=O)N1CCOCC1)C1CCN(c2nc3ccccc3n2Cc2ccc(F)cc2)CC1. The number of aromatic nitrogens is 4. The number of benzene rings is 2. The van der Waals surface area contributed by atoms with Crippen molar-refractivity contribution in [1.82, 2.24) is 24.0 Å². The molecule has 0 N–H and O–H groups in total. The van der Waals surface area contributed by atoms with Crippen LogP contribution in [-0.4, -0.2) is 82.6 Å². The number of imidazole rings is 1. The Morgan fingerprint density at radius 1 is 1.02 bits per heavy atom. The van der Waals surface area contributed by atoms with Gasteiger partial charge in [-0.1, -0.05) is 24.3 Å². The lowest BCUT2D eigenvalue weighted by Crippen LogP contribution is -2.46. The number of ether oxygens (including phenoxy) is 2. The van der Waals surface area contributed by atoms with Crippen LogP contribution in [0.5, 0.6) is 0 Å². The van der Waals surface area contributed by atoms with E-state index in [1.165, 1.54) is 29.0 Å². The monoisotopic (exact) mass is 575 g/mol.